The molecule has 1 aliphatic heterocycles. The minimum absolute atomic E-state index is 0.0430. The van der Waals surface area contributed by atoms with Crippen molar-refractivity contribution in [2.75, 3.05) is 6.61 Å². The Morgan fingerprint density at radius 1 is 1.32 bits per heavy atom. The highest BCUT2D eigenvalue weighted by Gasteiger charge is 2.35. The van der Waals surface area contributed by atoms with Crippen LogP contribution in [0.1, 0.15) is 64.5 Å². The van der Waals surface area contributed by atoms with Gasteiger partial charge in [0.25, 0.3) is 5.91 Å². The lowest BCUT2D eigenvalue weighted by Crippen LogP contribution is -2.40. The lowest BCUT2D eigenvalue weighted by atomic mass is 9.87. The van der Waals surface area contributed by atoms with Gasteiger partial charge in [-0.05, 0) is 57.6 Å². The van der Waals surface area contributed by atoms with Crippen molar-refractivity contribution in [2.45, 2.75) is 70.6 Å². The highest BCUT2D eigenvalue weighted by molar-refractivity contribution is 5.78. The Labute approximate surface area is 149 Å². The summed E-state index contributed by atoms with van der Waals surface area (Å²) in [7, 11) is 0. The van der Waals surface area contributed by atoms with E-state index in [4.69, 9.17) is 9.47 Å². The Bertz CT molecular complexity index is 620. The van der Waals surface area contributed by atoms with Crippen LogP contribution in [0.4, 0.5) is 0 Å². The number of carbonyl (C=O) groups is 1. The zero-order valence-electron chi connectivity index (χ0n) is 15.4. The summed E-state index contributed by atoms with van der Waals surface area (Å²) in [5, 5.41) is 13.5. The molecule has 2 aliphatic rings. The molecule has 1 fully saturated rings. The largest absolute Gasteiger partial charge is 0.487 e. The zero-order chi connectivity index (χ0) is 18.0. The van der Waals surface area contributed by atoms with Crippen molar-refractivity contribution in [1.82, 2.24) is 5.32 Å². The maximum Gasteiger partial charge on any atom is 0.258 e. The van der Waals surface area contributed by atoms with Crippen LogP contribution in [0.5, 0.6) is 11.5 Å². The molecule has 1 atom stereocenters. The van der Waals surface area contributed by atoms with Crippen molar-refractivity contribution >= 4 is 5.91 Å². The molecule has 1 aromatic rings. The van der Waals surface area contributed by atoms with Crippen LogP contribution in [0.15, 0.2) is 18.2 Å². The summed E-state index contributed by atoms with van der Waals surface area (Å²) in [5.74, 6) is 1.80. The van der Waals surface area contributed by atoms with E-state index in [1.165, 1.54) is 0 Å². The van der Waals surface area contributed by atoms with E-state index in [9.17, 15) is 9.90 Å². The molecule has 0 spiro atoms. The fraction of sp³-hybridized carbons (Fsp3) is 0.650. The van der Waals surface area contributed by atoms with Crippen LogP contribution in [0.25, 0.3) is 0 Å². The van der Waals surface area contributed by atoms with Gasteiger partial charge in [-0.25, -0.2) is 0 Å². The van der Waals surface area contributed by atoms with Crippen LogP contribution >= 0.6 is 0 Å². The van der Waals surface area contributed by atoms with Crippen molar-refractivity contribution in [3.8, 4) is 11.5 Å². The molecule has 0 radical (unpaired) electrons. The molecule has 5 heteroatoms. The van der Waals surface area contributed by atoms with Crippen LogP contribution in [0, 0.1) is 5.92 Å². The van der Waals surface area contributed by atoms with Gasteiger partial charge in [0, 0.05) is 12.5 Å². The van der Waals surface area contributed by atoms with E-state index in [1.54, 1.807) is 6.07 Å². The number of rotatable bonds is 4. The van der Waals surface area contributed by atoms with Crippen molar-refractivity contribution in [2.24, 2.45) is 5.92 Å². The molecule has 0 aromatic heterocycles. The van der Waals surface area contributed by atoms with E-state index in [-0.39, 0.29) is 18.6 Å². The standard InChI is InChI=1S/C20H29NO4/c1-13-7-9-14(10-8-13)21-18(23)12-24-16-5-4-6-17-19(16)15(22)11-20(2,3)25-17/h4-6,13-15,22H,7-12H2,1-3H3,(H,21,23). The maximum absolute atomic E-state index is 12.2. The molecular weight excluding hydrogens is 318 g/mol. The number of hydrogen-bond donors (Lipinski definition) is 2. The molecular formula is C20H29NO4. The highest BCUT2D eigenvalue weighted by Crippen LogP contribution is 2.44. The zero-order valence-corrected chi connectivity index (χ0v) is 15.4. The third-order valence-electron chi connectivity index (χ3n) is 5.17. The molecule has 3 rings (SSSR count). The van der Waals surface area contributed by atoms with Gasteiger partial charge in [0.2, 0.25) is 0 Å². The number of benzene rings is 1. The summed E-state index contributed by atoms with van der Waals surface area (Å²) in [4.78, 5) is 12.2. The summed E-state index contributed by atoms with van der Waals surface area (Å²) in [6.07, 6.45) is 4.24. The van der Waals surface area contributed by atoms with E-state index in [2.05, 4.69) is 12.2 Å². The fourth-order valence-corrected chi connectivity index (χ4v) is 3.79. The molecule has 1 aromatic carbocycles. The molecule has 1 saturated carbocycles. The minimum Gasteiger partial charge on any atom is -0.487 e. The topological polar surface area (TPSA) is 67.8 Å². The fourth-order valence-electron chi connectivity index (χ4n) is 3.79. The lowest BCUT2D eigenvalue weighted by Gasteiger charge is -2.36. The van der Waals surface area contributed by atoms with Gasteiger partial charge in [-0.15, -0.1) is 0 Å². The maximum atomic E-state index is 12.2. The van der Waals surface area contributed by atoms with Gasteiger partial charge >= 0.3 is 0 Å². The van der Waals surface area contributed by atoms with Crippen molar-refractivity contribution in [3.05, 3.63) is 23.8 Å². The number of amides is 1. The smallest absolute Gasteiger partial charge is 0.258 e. The molecule has 1 unspecified atom stereocenters. The Kier molecular flexibility index (Phi) is 5.23. The van der Waals surface area contributed by atoms with E-state index in [1.807, 2.05) is 26.0 Å². The van der Waals surface area contributed by atoms with Crippen molar-refractivity contribution in [3.63, 3.8) is 0 Å². The lowest BCUT2D eigenvalue weighted by molar-refractivity contribution is -0.124. The molecule has 1 aliphatic carbocycles. The Morgan fingerprint density at radius 2 is 2.04 bits per heavy atom. The SMILES string of the molecule is CC1CCC(NC(=O)COc2cccc3c2C(O)CC(C)(C)O3)CC1. The first-order valence-corrected chi connectivity index (χ1v) is 9.26. The van der Waals surface area contributed by atoms with E-state index in [0.29, 0.717) is 23.5 Å². The summed E-state index contributed by atoms with van der Waals surface area (Å²) in [5.41, 5.74) is 0.224. The summed E-state index contributed by atoms with van der Waals surface area (Å²) >= 11 is 0. The monoisotopic (exact) mass is 347 g/mol. The van der Waals surface area contributed by atoms with Crippen molar-refractivity contribution in [1.29, 1.82) is 0 Å². The van der Waals surface area contributed by atoms with Crippen LogP contribution in [0.2, 0.25) is 0 Å². The number of nitrogens with one attached hydrogen (secondary N) is 1. The van der Waals surface area contributed by atoms with E-state index >= 15 is 0 Å². The van der Waals surface area contributed by atoms with Gasteiger partial charge < -0.3 is 19.9 Å². The second-order valence-electron chi connectivity index (χ2n) is 8.06. The number of hydrogen-bond acceptors (Lipinski definition) is 4. The summed E-state index contributed by atoms with van der Waals surface area (Å²) < 4.78 is 11.6. The van der Waals surface area contributed by atoms with Crippen LogP contribution < -0.4 is 14.8 Å². The Hall–Kier alpha value is -1.75. The number of aliphatic hydroxyl groups excluding tert-OH is 1. The second kappa shape index (κ2) is 7.24. The average Bonchev–Trinajstić information content (AvgIpc) is 2.53. The summed E-state index contributed by atoms with van der Waals surface area (Å²) in [6, 6.07) is 5.68. The molecule has 0 saturated heterocycles. The molecule has 5 nitrogen and oxygen atoms in total. The van der Waals surface area contributed by atoms with Gasteiger partial charge in [0.05, 0.1) is 11.7 Å². The van der Waals surface area contributed by atoms with Gasteiger partial charge in [-0.3, -0.25) is 4.79 Å². The molecule has 138 valence electrons. The molecule has 2 N–H and O–H groups in total. The van der Waals surface area contributed by atoms with Crippen LogP contribution in [-0.4, -0.2) is 29.3 Å². The molecule has 25 heavy (non-hydrogen) atoms. The summed E-state index contributed by atoms with van der Waals surface area (Å²) in [6.45, 7) is 6.11. The van der Waals surface area contributed by atoms with Gasteiger partial charge in [-0.2, -0.15) is 0 Å². The second-order valence-corrected chi connectivity index (χ2v) is 8.06. The average molecular weight is 347 g/mol. The normalized spacial score (nSPS) is 27.8. The van der Waals surface area contributed by atoms with E-state index in [0.717, 1.165) is 31.6 Å². The van der Waals surface area contributed by atoms with Gasteiger partial charge in [0.1, 0.15) is 17.1 Å². The third kappa shape index (κ3) is 4.46. The molecule has 1 heterocycles. The van der Waals surface area contributed by atoms with Gasteiger partial charge in [-0.1, -0.05) is 13.0 Å². The van der Waals surface area contributed by atoms with E-state index < -0.39 is 11.7 Å². The number of carbonyl (C=O) groups excluding carboxylic acids is 1. The first-order valence-electron chi connectivity index (χ1n) is 9.26. The first-order chi connectivity index (χ1) is 11.8. The third-order valence-corrected chi connectivity index (χ3v) is 5.17. The van der Waals surface area contributed by atoms with Gasteiger partial charge in [0.15, 0.2) is 6.61 Å². The number of aliphatic hydroxyl groups is 1. The Balaban J connectivity index is 1.60. The first kappa shape index (κ1) is 18.1. The van der Waals surface area contributed by atoms with Crippen molar-refractivity contribution < 1.29 is 19.4 Å². The van der Waals surface area contributed by atoms with Crippen LogP contribution in [0.3, 0.4) is 0 Å². The predicted octanol–water partition coefficient (Wildman–Crippen LogP) is 3.35. The quantitative estimate of drug-likeness (QED) is 0.876. The number of ether oxygens (including phenoxy) is 2. The molecule has 0 bridgehead atoms. The predicted molar refractivity (Wildman–Crippen MR) is 95.8 cm³/mol. The highest BCUT2D eigenvalue weighted by atomic mass is 16.5. The minimum atomic E-state index is -0.655. The molecule has 1 amide bonds. The number of fused-ring (bicyclic) bond motifs is 1. The Morgan fingerprint density at radius 3 is 2.76 bits per heavy atom. The van der Waals surface area contributed by atoms with Crippen LogP contribution in [-0.2, 0) is 4.79 Å².